The first kappa shape index (κ1) is 16.5. The number of rotatable bonds is 4. The van der Waals surface area contributed by atoms with E-state index in [9.17, 15) is 0 Å². The maximum Gasteiger partial charge on any atom is 0.222 e. The lowest BCUT2D eigenvalue weighted by Crippen LogP contribution is -2.00. The molecular weight excluding hydrogens is 352 g/mol. The summed E-state index contributed by atoms with van der Waals surface area (Å²) in [6.45, 7) is 2.61. The first-order valence-electron chi connectivity index (χ1n) is 9.01. The van der Waals surface area contributed by atoms with E-state index in [1.807, 2.05) is 60.2 Å². The number of fused-ring (bicyclic) bond motifs is 2. The summed E-state index contributed by atoms with van der Waals surface area (Å²) >= 11 is 0. The molecule has 0 aliphatic carbocycles. The molecule has 0 spiro atoms. The van der Waals surface area contributed by atoms with E-state index in [-0.39, 0.29) is 0 Å². The molecule has 5 rings (SSSR count). The number of oxazole rings is 1. The molecule has 6 nitrogen and oxygen atoms in total. The molecule has 2 aliphatic heterocycles. The Hall–Kier alpha value is -3.67. The van der Waals surface area contributed by atoms with Gasteiger partial charge in [-0.05, 0) is 48.9 Å². The second kappa shape index (κ2) is 6.49. The molecule has 2 aliphatic rings. The summed E-state index contributed by atoms with van der Waals surface area (Å²) in [6.07, 6.45) is 5.75. The minimum Gasteiger partial charge on any atom is -0.481 e. The number of hydrogen-bond acceptors (Lipinski definition) is 5. The number of benzene rings is 1. The third kappa shape index (κ3) is 2.89. The quantitative estimate of drug-likeness (QED) is 0.464. The van der Waals surface area contributed by atoms with Gasteiger partial charge in [-0.2, -0.15) is 0 Å². The number of pyridine rings is 2. The minimum atomic E-state index is 0.556. The van der Waals surface area contributed by atoms with E-state index < -0.39 is 0 Å². The van der Waals surface area contributed by atoms with Crippen molar-refractivity contribution in [2.45, 2.75) is 13.5 Å². The van der Waals surface area contributed by atoms with Gasteiger partial charge >= 0.3 is 0 Å². The molecule has 3 aromatic rings. The Labute approximate surface area is 161 Å². The van der Waals surface area contributed by atoms with Crippen molar-refractivity contribution in [2.24, 2.45) is 0 Å². The van der Waals surface area contributed by atoms with Gasteiger partial charge in [-0.1, -0.05) is 6.07 Å². The third-order valence-corrected chi connectivity index (χ3v) is 4.70. The van der Waals surface area contributed by atoms with Crippen molar-refractivity contribution in [1.29, 1.82) is 0 Å². The second-order valence-corrected chi connectivity index (χ2v) is 6.74. The number of methoxy groups -OCH3 is 1. The molecule has 0 radical (unpaired) electrons. The normalized spacial score (nSPS) is 11.4. The van der Waals surface area contributed by atoms with Gasteiger partial charge in [0.15, 0.2) is 5.58 Å². The van der Waals surface area contributed by atoms with Crippen LogP contribution in [0, 0.1) is 6.92 Å². The number of aromatic nitrogens is 4. The van der Waals surface area contributed by atoms with E-state index in [0.29, 0.717) is 18.3 Å². The van der Waals surface area contributed by atoms with Crippen LogP contribution in [0.2, 0.25) is 0 Å². The lowest BCUT2D eigenvalue weighted by molar-refractivity contribution is 0.399. The van der Waals surface area contributed by atoms with Crippen LogP contribution >= 0.6 is 0 Å². The summed E-state index contributed by atoms with van der Waals surface area (Å²) in [5, 5.41) is 0. The van der Waals surface area contributed by atoms with Crippen LogP contribution < -0.4 is 4.74 Å². The molecule has 0 unspecified atom stereocenters. The summed E-state index contributed by atoms with van der Waals surface area (Å²) < 4.78 is 13.3. The van der Waals surface area contributed by atoms with Gasteiger partial charge in [0.1, 0.15) is 5.52 Å². The van der Waals surface area contributed by atoms with Gasteiger partial charge in [0, 0.05) is 24.2 Å². The van der Waals surface area contributed by atoms with Gasteiger partial charge < -0.3 is 13.7 Å². The predicted octanol–water partition coefficient (Wildman–Crippen LogP) is 4.56. The van der Waals surface area contributed by atoms with Crippen molar-refractivity contribution in [2.75, 3.05) is 7.11 Å². The maximum absolute atomic E-state index is 5.87. The zero-order valence-electron chi connectivity index (χ0n) is 15.6. The van der Waals surface area contributed by atoms with Crippen LogP contribution in [-0.4, -0.2) is 26.6 Å². The smallest absolute Gasteiger partial charge is 0.222 e. The van der Waals surface area contributed by atoms with Crippen LogP contribution in [0.1, 0.15) is 11.5 Å². The first-order valence-corrected chi connectivity index (χ1v) is 9.01. The molecule has 0 amide bonds. The van der Waals surface area contributed by atoms with Gasteiger partial charge in [0.2, 0.25) is 11.8 Å². The number of hydrogen-bond donors (Lipinski definition) is 0. The largest absolute Gasteiger partial charge is 0.481 e. The zero-order valence-corrected chi connectivity index (χ0v) is 15.6. The number of ether oxygens (including phenoxy) is 1. The molecule has 0 saturated carbocycles. The summed E-state index contributed by atoms with van der Waals surface area (Å²) in [6, 6.07) is 13.9. The molecule has 0 saturated heterocycles. The van der Waals surface area contributed by atoms with Crippen molar-refractivity contribution in [3.05, 3.63) is 72.5 Å². The molecule has 1 aromatic carbocycles. The summed E-state index contributed by atoms with van der Waals surface area (Å²) in [5.41, 5.74) is 6.54. The highest BCUT2D eigenvalue weighted by molar-refractivity contribution is 5.75. The molecule has 0 N–H and O–H groups in total. The van der Waals surface area contributed by atoms with E-state index in [1.54, 1.807) is 13.3 Å². The van der Waals surface area contributed by atoms with Crippen molar-refractivity contribution in [3.63, 3.8) is 0 Å². The molecule has 6 heteroatoms. The Morgan fingerprint density at radius 2 is 2.00 bits per heavy atom. The molecule has 28 heavy (non-hydrogen) atoms. The lowest BCUT2D eigenvalue weighted by Gasteiger charge is -2.05. The van der Waals surface area contributed by atoms with Gasteiger partial charge in [0.25, 0.3) is 0 Å². The lowest BCUT2D eigenvalue weighted by atomic mass is 10.2. The second-order valence-electron chi connectivity index (χ2n) is 6.74. The molecule has 0 fully saturated rings. The highest BCUT2D eigenvalue weighted by Crippen LogP contribution is 2.32. The van der Waals surface area contributed by atoms with Gasteiger partial charge in [-0.25, -0.2) is 15.0 Å². The van der Waals surface area contributed by atoms with Crippen molar-refractivity contribution >= 4 is 11.1 Å². The van der Waals surface area contributed by atoms with E-state index in [4.69, 9.17) is 14.1 Å². The van der Waals surface area contributed by atoms with Crippen molar-refractivity contribution in [1.82, 2.24) is 19.5 Å². The summed E-state index contributed by atoms with van der Waals surface area (Å²) in [7, 11) is 1.62. The molecule has 4 heterocycles. The van der Waals surface area contributed by atoms with E-state index >= 15 is 0 Å². The minimum absolute atomic E-state index is 0.556. The third-order valence-electron chi connectivity index (χ3n) is 4.70. The van der Waals surface area contributed by atoms with Crippen LogP contribution in [0.5, 0.6) is 5.88 Å². The van der Waals surface area contributed by atoms with Crippen LogP contribution in [-0.2, 0) is 6.54 Å². The van der Waals surface area contributed by atoms with Gasteiger partial charge in [0.05, 0.1) is 30.6 Å². The topological polar surface area (TPSA) is 66.0 Å². The van der Waals surface area contributed by atoms with E-state index in [0.717, 1.165) is 33.6 Å². The van der Waals surface area contributed by atoms with E-state index in [1.165, 1.54) is 5.56 Å². The monoisotopic (exact) mass is 370 g/mol. The van der Waals surface area contributed by atoms with Gasteiger partial charge in [-0.15, -0.1) is 0 Å². The SMILES string of the molecule is COc1ncccc1-c1cc2cn(Cc3nc4cc(C)ccc4o3)ccc-2n1. The molecular formula is C22H18N4O2. The maximum atomic E-state index is 5.87. The average Bonchev–Trinajstić information content (AvgIpc) is 3.30. The van der Waals surface area contributed by atoms with Crippen LogP contribution in [0.4, 0.5) is 0 Å². The van der Waals surface area contributed by atoms with Crippen LogP contribution in [0.25, 0.3) is 33.6 Å². The number of aryl methyl sites for hydroxylation is 1. The van der Waals surface area contributed by atoms with Crippen molar-refractivity contribution < 1.29 is 9.15 Å². The number of nitrogens with zero attached hydrogens (tertiary/aromatic N) is 4. The van der Waals surface area contributed by atoms with E-state index in [2.05, 4.69) is 16.2 Å². The Balaban J connectivity index is 1.48. The average molecular weight is 370 g/mol. The highest BCUT2D eigenvalue weighted by Gasteiger charge is 2.15. The Morgan fingerprint density at radius 3 is 2.89 bits per heavy atom. The highest BCUT2D eigenvalue weighted by atomic mass is 16.5. The Morgan fingerprint density at radius 1 is 1.07 bits per heavy atom. The molecule has 0 bridgehead atoms. The van der Waals surface area contributed by atoms with Crippen molar-refractivity contribution in [3.8, 4) is 28.4 Å². The zero-order chi connectivity index (χ0) is 19.1. The Bertz CT molecular complexity index is 1250. The Kier molecular flexibility index (Phi) is 3.83. The predicted molar refractivity (Wildman–Crippen MR) is 106 cm³/mol. The fourth-order valence-electron chi connectivity index (χ4n) is 3.37. The summed E-state index contributed by atoms with van der Waals surface area (Å²) in [5.74, 6) is 1.25. The summed E-state index contributed by atoms with van der Waals surface area (Å²) in [4.78, 5) is 13.6. The van der Waals surface area contributed by atoms with Gasteiger partial charge in [-0.3, -0.25) is 0 Å². The van der Waals surface area contributed by atoms with Crippen LogP contribution in [0.3, 0.4) is 0 Å². The van der Waals surface area contributed by atoms with Crippen LogP contribution in [0.15, 0.2) is 65.5 Å². The molecule has 2 aromatic heterocycles. The molecule has 0 atom stereocenters. The molecule has 138 valence electrons. The fraction of sp³-hybridized carbons (Fsp3) is 0.136. The standard InChI is InChI=1S/C22H18N4O2/c1-14-5-6-20-19(10-14)25-21(28-20)13-26-9-7-17-15(12-26)11-18(24-17)16-4-3-8-23-22(16)27-2/h3-12H,13H2,1-2H3. The first-order chi connectivity index (χ1) is 13.7. The fourth-order valence-corrected chi connectivity index (χ4v) is 3.37.